The fourth-order valence-corrected chi connectivity index (χ4v) is 3.59. The Labute approximate surface area is 157 Å². The highest BCUT2D eigenvalue weighted by atomic mass is 32.2. The lowest BCUT2D eigenvalue weighted by atomic mass is 10.1. The molecule has 1 aliphatic heterocycles. The van der Waals surface area contributed by atoms with Crippen molar-refractivity contribution in [3.63, 3.8) is 0 Å². The zero-order chi connectivity index (χ0) is 18.5. The average Bonchev–Trinajstić information content (AvgIpc) is 2.97. The summed E-state index contributed by atoms with van der Waals surface area (Å²) in [5.41, 5.74) is 3.35. The molecule has 3 rings (SSSR count). The van der Waals surface area contributed by atoms with Gasteiger partial charge in [0, 0.05) is 12.1 Å². The molecule has 0 atom stereocenters. The van der Waals surface area contributed by atoms with Gasteiger partial charge in [0.15, 0.2) is 11.0 Å². The second-order valence-electron chi connectivity index (χ2n) is 5.96. The number of carbonyl (C=O) groups excluding carboxylic acids is 2. The number of nitrogens with zero attached hydrogens (tertiary/aromatic N) is 2. The Hall–Kier alpha value is -2.66. The quantitative estimate of drug-likeness (QED) is 0.590. The molecule has 26 heavy (non-hydrogen) atoms. The van der Waals surface area contributed by atoms with Crippen molar-refractivity contribution in [3.05, 3.63) is 77.0 Å². The third-order valence-electron chi connectivity index (χ3n) is 4.06. The monoisotopic (exact) mass is 364 g/mol. The number of aryl methyl sites for hydroxylation is 1. The first-order chi connectivity index (χ1) is 12.6. The minimum Gasteiger partial charge on any atom is -0.316 e. The summed E-state index contributed by atoms with van der Waals surface area (Å²) in [5.74, 6) is 0.0182. The van der Waals surface area contributed by atoms with Gasteiger partial charge in [-0.05, 0) is 25.5 Å². The minimum absolute atomic E-state index is 0.0257. The molecule has 0 bridgehead atoms. The van der Waals surface area contributed by atoms with Gasteiger partial charge in [-0.1, -0.05) is 71.9 Å². The molecular formula is C21H20N2O2S. The number of hydrogen-bond acceptors (Lipinski definition) is 4. The molecule has 2 aromatic rings. The summed E-state index contributed by atoms with van der Waals surface area (Å²) < 4.78 is 0. The molecule has 0 aliphatic carbocycles. The van der Waals surface area contributed by atoms with E-state index in [1.807, 2.05) is 67.3 Å². The molecule has 0 saturated heterocycles. The van der Waals surface area contributed by atoms with E-state index in [0.717, 1.165) is 5.56 Å². The lowest BCUT2D eigenvalue weighted by Crippen LogP contribution is -2.25. The number of hydrogen-bond donors (Lipinski definition) is 0. The zero-order valence-corrected chi connectivity index (χ0v) is 15.6. The molecule has 0 aromatic heterocycles. The number of ketones is 1. The maximum atomic E-state index is 12.3. The average molecular weight is 364 g/mol. The van der Waals surface area contributed by atoms with Crippen LogP contribution in [0.1, 0.15) is 28.4 Å². The molecule has 1 heterocycles. The molecule has 0 spiro atoms. The number of carbonyl (C=O) groups is 2. The first-order valence-electron chi connectivity index (χ1n) is 8.48. The summed E-state index contributed by atoms with van der Waals surface area (Å²) in [6, 6.07) is 17.1. The number of rotatable bonds is 5. The summed E-state index contributed by atoms with van der Waals surface area (Å²) in [6.07, 6.45) is 1.85. The first-order valence-corrected chi connectivity index (χ1v) is 9.47. The van der Waals surface area contributed by atoms with Crippen LogP contribution >= 0.6 is 11.8 Å². The fraction of sp³-hybridized carbons (Fsp3) is 0.190. The number of amidine groups is 1. The Morgan fingerprint density at radius 1 is 1.12 bits per heavy atom. The normalized spacial score (nSPS) is 15.5. The zero-order valence-electron chi connectivity index (χ0n) is 14.8. The Morgan fingerprint density at radius 2 is 1.81 bits per heavy atom. The van der Waals surface area contributed by atoms with Crippen molar-refractivity contribution in [2.24, 2.45) is 4.99 Å². The van der Waals surface area contributed by atoms with Crippen LogP contribution in [0, 0.1) is 6.92 Å². The number of amides is 1. The molecular weight excluding hydrogens is 344 g/mol. The van der Waals surface area contributed by atoms with Gasteiger partial charge in [0.25, 0.3) is 5.91 Å². The number of Topliss-reactive ketones (excluding diaryl/α,β-unsaturated/α-hetero) is 1. The Morgan fingerprint density at radius 3 is 2.46 bits per heavy atom. The maximum Gasteiger partial charge on any atom is 0.296 e. The molecule has 132 valence electrons. The van der Waals surface area contributed by atoms with E-state index in [4.69, 9.17) is 0 Å². The lowest BCUT2D eigenvalue weighted by Gasteiger charge is -2.18. The standard InChI is InChI=1S/C21H20N2O2S/c1-3-23-18(13-16-11-9-15(2)10-12-16)20(25)22-21(23)26-14-19(24)17-7-5-4-6-8-17/h4-13H,3,14H2,1-2H3. The van der Waals surface area contributed by atoms with E-state index in [-0.39, 0.29) is 17.4 Å². The largest absolute Gasteiger partial charge is 0.316 e. The molecule has 0 fully saturated rings. The van der Waals surface area contributed by atoms with E-state index in [1.165, 1.54) is 17.3 Å². The highest BCUT2D eigenvalue weighted by molar-refractivity contribution is 8.14. The molecule has 0 N–H and O–H groups in total. The third kappa shape index (κ3) is 4.11. The Balaban J connectivity index is 1.73. The molecule has 5 heteroatoms. The summed E-state index contributed by atoms with van der Waals surface area (Å²) in [4.78, 5) is 30.6. The van der Waals surface area contributed by atoms with Crippen LogP contribution in [0.4, 0.5) is 0 Å². The predicted octanol–water partition coefficient (Wildman–Crippen LogP) is 4.17. The molecule has 0 radical (unpaired) electrons. The lowest BCUT2D eigenvalue weighted by molar-refractivity contribution is -0.114. The molecule has 0 unspecified atom stereocenters. The fourth-order valence-electron chi connectivity index (χ4n) is 2.64. The third-order valence-corrected chi connectivity index (χ3v) is 5.04. The van der Waals surface area contributed by atoms with E-state index < -0.39 is 0 Å². The van der Waals surface area contributed by atoms with Gasteiger partial charge in [-0.15, -0.1) is 0 Å². The number of benzene rings is 2. The summed E-state index contributed by atoms with van der Waals surface area (Å²) in [5, 5.41) is 0.583. The van der Waals surface area contributed by atoms with E-state index in [9.17, 15) is 9.59 Å². The smallest absolute Gasteiger partial charge is 0.296 e. The van der Waals surface area contributed by atoms with Crippen molar-refractivity contribution >= 4 is 34.7 Å². The molecule has 1 aliphatic rings. The molecule has 2 aromatic carbocycles. The molecule has 0 saturated carbocycles. The van der Waals surface area contributed by atoms with Crippen LogP contribution in [0.3, 0.4) is 0 Å². The Bertz CT molecular complexity index is 871. The van der Waals surface area contributed by atoms with Gasteiger partial charge in [-0.2, -0.15) is 4.99 Å². The minimum atomic E-state index is -0.262. The number of aliphatic imine (C=N–C) groups is 1. The highest BCUT2D eigenvalue weighted by Gasteiger charge is 2.29. The first kappa shape index (κ1) is 18.1. The Kier molecular flexibility index (Phi) is 5.68. The van der Waals surface area contributed by atoms with Crippen LogP contribution in [0.2, 0.25) is 0 Å². The topological polar surface area (TPSA) is 49.7 Å². The van der Waals surface area contributed by atoms with Gasteiger partial charge >= 0.3 is 0 Å². The summed E-state index contributed by atoms with van der Waals surface area (Å²) in [7, 11) is 0. The van der Waals surface area contributed by atoms with Crippen LogP contribution in [-0.2, 0) is 4.79 Å². The summed E-state index contributed by atoms with van der Waals surface area (Å²) in [6.45, 7) is 4.61. The van der Waals surface area contributed by atoms with Crippen LogP contribution < -0.4 is 0 Å². The van der Waals surface area contributed by atoms with Crippen molar-refractivity contribution in [3.8, 4) is 0 Å². The van der Waals surface area contributed by atoms with Crippen molar-refractivity contribution in [2.45, 2.75) is 13.8 Å². The van der Waals surface area contributed by atoms with E-state index in [2.05, 4.69) is 4.99 Å². The summed E-state index contributed by atoms with van der Waals surface area (Å²) >= 11 is 1.30. The van der Waals surface area contributed by atoms with Crippen molar-refractivity contribution in [2.75, 3.05) is 12.3 Å². The van der Waals surface area contributed by atoms with Crippen LogP contribution in [-0.4, -0.2) is 34.1 Å². The van der Waals surface area contributed by atoms with E-state index in [0.29, 0.717) is 23.0 Å². The van der Waals surface area contributed by atoms with Gasteiger partial charge in [-0.25, -0.2) is 0 Å². The maximum absolute atomic E-state index is 12.3. The van der Waals surface area contributed by atoms with Gasteiger partial charge in [0.05, 0.1) is 5.75 Å². The predicted molar refractivity (Wildman–Crippen MR) is 107 cm³/mol. The number of likely N-dealkylation sites (N-methyl/N-ethyl adjacent to an activating group) is 1. The highest BCUT2D eigenvalue weighted by Crippen LogP contribution is 2.25. The number of thioether (sulfide) groups is 1. The second-order valence-corrected chi connectivity index (χ2v) is 6.90. The molecule has 4 nitrogen and oxygen atoms in total. The second kappa shape index (κ2) is 8.15. The van der Waals surface area contributed by atoms with Gasteiger partial charge < -0.3 is 4.90 Å². The van der Waals surface area contributed by atoms with Crippen LogP contribution in [0.15, 0.2) is 65.3 Å². The SMILES string of the molecule is CCN1C(=Cc2ccc(C)cc2)C(=O)N=C1SCC(=O)c1ccccc1. The van der Waals surface area contributed by atoms with Gasteiger partial charge in [0.1, 0.15) is 5.70 Å². The van der Waals surface area contributed by atoms with E-state index in [1.54, 1.807) is 12.1 Å². The van der Waals surface area contributed by atoms with Crippen molar-refractivity contribution in [1.82, 2.24) is 4.90 Å². The van der Waals surface area contributed by atoms with Crippen molar-refractivity contribution in [1.29, 1.82) is 0 Å². The van der Waals surface area contributed by atoms with Crippen LogP contribution in [0.5, 0.6) is 0 Å². The molecule has 1 amide bonds. The van der Waals surface area contributed by atoms with Crippen LogP contribution in [0.25, 0.3) is 6.08 Å². The van der Waals surface area contributed by atoms with Crippen molar-refractivity contribution < 1.29 is 9.59 Å². The van der Waals surface area contributed by atoms with E-state index >= 15 is 0 Å². The van der Waals surface area contributed by atoms with Gasteiger partial charge in [-0.3, -0.25) is 9.59 Å². The van der Waals surface area contributed by atoms with Gasteiger partial charge in [0.2, 0.25) is 0 Å².